The molecular formula is C31H27ClN2O7. The number of para-hydroxylation sites is 1. The maximum atomic E-state index is 14.6. The number of amides is 1. The number of Topliss-reactive ketones (excluding diaryl/α,β-unsaturated/α-hetero) is 2. The number of benzene rings is 2. The Hall–Kier alpha value is -4.37. The normalized spacial score (nSPS) is 23.1. The third kappa shape index (κ3) is 4.14. The standard InChI is InChI=1S/C31H27ClN2O7/c1-16-12-20-25(29(36)31(16)30(37)26-22(38-2)14-23(39-3)27(32)28(26)41-31)19(13-24(35)34-20)18-9-4-5-10-21(18)40-15-17-8-6-7-11-33-17/h4-11,14,16,19H,12-13,15H2,1-3H3,(H,34,35)/t16-,19?,31+/m1/s1. The van der Waals surface area contributed by atoms with E-state index in [0.29, 0.717) is 22.6 Å². The van der Waals surface area contributed by atoms with Crippen molar-refractivity contribution in [3.05, 3.63) is 87.8 Å². The average Bonchev–Trinajstić information content (AvgIpc) is 3.30. The number of allylic oxidation sites excluding steroid dienone is 1. The number of carbonyl (C=O) groups excluding carboxylic acids is 3. The Morgan fingerprint density at radius 1 is 1.00 bits per heavy atom. The lowest BCUT2D eigenvalue weighted by atomic mass is 9.66. The number of pyridine rings is 1. The first-order valence-corrected chi connectivity index (χ1v) is 13.6. The largest absolute Gasteiger partial charge is 0.496 e. The molecule has 0 saturated carbocycles. The fourth-order valence-corrected chi connectivity index (χ4v) is 6.26. The van der Waals surface area contributed by atoms with E-state index in [9.17, 15) is 14.4 Å². The average molecular weight is 575 g/mol. The van der Waals surface area contributed by atoms with Gasteiger partial charge in [-0.15, -0.1) is 0 Å². The minimum Gasteiger partial charge on any atom is -0.496 e. The second kappa shape index (κ2) is 10.2. The van der Waals surface area contributed by atoms with Crippen molar-refractivity contribution >= 4 is 29.1 Å². The molecule has 6 rings (SSSR count). The summed E-state index contributed by atoms with van der Waals surface area (Å²) in [4.78, 5) is 46.0. The van der Waals surface area contributed by atoms with E-state index in [1.54, 1.807) is 19.2 Å². The van der Waals surface area contributed by atoms with Gasteiger partial charge in [0, 0.05) is 47.4 Å². The molecule has 3 aromatic rings. The zero-order valence-corrected chi connectivity index (χ0v) is 23.4. The van der Waals surface area contributed by atoms with E-state index in [1.165, 1.54) is 20.3 Å². The summed E-state index contributed by atoms with van der Waals surface area (Å²) in [6.45, 7) is 1.96. The van der Waals surface area contributed by atoms with Crippen molar-refractivity contribution in [2.75, 3.05) is 14.2 Å². The molecule has 0 fully saturated rings. The molecule has 10 heteroatoms. The van der Waals surface area contributed by atoms with Crippen molar-refractivity contribution in [3.63, 3.8) is 0 Å². The van der Waals surface area contributed by atoms with Crippen LogP contribution >= 0.6 is 11.6 Å². The molecule has 1 spiro atoms. The topological polar surface area (TPSA) is 113 Å². The summed E-state index contributed by atoms with van der Waals surface area (Å²) in [5, 5.41) is 2.96. The first-order valence-electron chi connectivity index (χ1n) is 13.2. The molecule has 1 amide bonds. The molecule has 1 aliphatic carbocycles. The van der Waals surface area contributed by atoms with E-state index in [-0.39, 0.29) is 53.2 Å². The summed E-state index contributed by atoms with van der Waals surface area (Å²) in [6.07, 6.45) is 1.91. The lowest BCUT2D eigenvalue weighted by Crippen LogP contribution is -2.59. The molecular weight excluding hydrogens is 548 g/mol. The van der Waals surface area contributed by atoms with Gasteiger partial charge in [-0.2, -0.15) is 0 Å². The smallest absolute Gasteiger partial charge is 0.236 e. The van der Waals surface area contributed by atoms with Crippen LogP contribution in [-0.2, 0) is 16.2 Å². The third-order valence-electron chi connectivity index (χ3n) is 7.95. The molecule has 9 nitrogen and oxygen atoms in total. The van der Waals surface area contributed by atoms with Gasteiger partial charge in [0.15, 0.2) is 5.75 Å². The fourth-order valence-electron chi connectivity index (χ4n) is 5.99. The minimum absolute atomic E-state index is 0.00195. The second-order valence-electron chi connectivity index (χ2n) is 10.2. The number of halogens is 1. The Labute approximate surface area is 241 Å². The van der Waals surface area contributed by atoms with Gasteiger partial charge in [-0.3, -0.25) is 19.4 Å². The number of methoxy groups -OCH3 is 2. The van der Waals surface area contributed by atoms with E-state index in [2.05, 4.69) is 10.3 Å². The summed E-state index contributed by atoms with van der Waals surface area (Å²) in [5.74, 6) is -1.54. The van der Waals surface area contributed by atoms with Gasteiger partial charge < -0.3 is 24.3 Å². The highest BCUT2D eigenvalue weighted by molar-refractivity contribution is 6.36. The Bertz CT molecular complexity index is 1620. The van der Waals surface area contributed by atoms with Gasteiger partial charge in [-0.25, -0.2) is 0 Å². The minimum atomic E-state index is -1.88. The number of hydrogen-bond donors (Lipinski definition) is 1. The predicted molar refractivity (Wildman–Crippen MR) is 149 cm³/mol. The van der Waals surface area contributed by atoms with Gasteiger partial charge in [0.2, 0.25) is 23.1 Å². The van der Waals surface area contributed by atoms with E-state index in [1.807, 2.05) is 36.4 Å². The number of hydrogen-bond acceptors (Lipinski definition) is 8. The van der Waals surface area contributed by atoms with Crippen molar-refractivity contribution in [1.29, 1.82) is 0 Å². The van der Waals surface area contributed by atoms with Gasteiger partial charge in [0.25, 0.3) is 0 Å². The lowest BCUT2D eigenvalue weighted by molar-refractivity contribution is -0.131. The number of rotatable bonds is 6. The van der Waals surface area contributed by atoms with Crippen LogP contribution in [-0.4, -0.2) is 42.3 Å². The van der Waals surface area contributed by atoms with Crippen molar-refractivity contribution < 1.29 is 33.3 Å². The predicted octanol–water partition coefficient (Wildman–Crippen LogP) is 4.81. The molecule has 2 aromatic carbocycles. The summed E-state index contributed by atoms with van der Waals surface area (Å²) < 4.78 is 23.3. The third-order valence-corrected chi connectivity index (χ3v) is 8.31. The zero-order valence-electron chi connectivity index (χ0n) is 22.7. The van der Waals surface area contributed by atoms with Crippen LogP contribution in [0.5, 0.6) is 23.0 Å². The number of ether oxygens (including phenoxy) is 4. The summed E-state index contributed by atoms with van der Waals surface area (Å²) >= 11 is 6.57. The quantitative estimate of drug-likeness (QED) is 0.417. The summed E-state index contributed by atoms with van der Waals surface area (Å²) in [7, 11) is 2.86. The number of carbonyl (C=O) groups is 3. The maximum Gasteiger partial charge on any atom is 0.236 e. The molecule has 0 bridgehead atoms. The molecule has 0 saturated heterocycles. The SMILES string of the molecule is COc1cc(OC)c2c(c1Cl)O[C@@]1(C(=O)C3=C(C[C@H]1C)NC(=O)CC3c1ccccc1OCc1ccccn1)C2=O. The second-order valence-corrected chi connectivity index (χ2v) is 10.6. The van der Waals surface area contributed by atoms with Crippen molar-refractivity contribution in [2.24, 2.45) is 5.92 Å². The van der Waals surface area contributed by atoms with Gasteiger partial charge in [-0.05, 0) is 24.6 Å². The van der Waals surface area contributed by atoms with Crippen LogP contribution in [0.1, 0.15) is 47.3 Å². The van der Waals surface area contributed by atoms with Crippen LogP contribution in [0.4, 0.5) is 0 Å². The van der Waals surface area contributed by atoms with Gasteiger partial charge >= 0.3 is 0 Å². The van der Waals surface area contributed by atoms with Crippen LogP contribution in [0.2, 0.25) is 5.02 Å². The number of ketones is 2. The molecule has 210 valence electrons. The van der Waals surface area contributed by atoms with Crippen molar-refractivity contribution in [1.82, 2.24) is 10.3 Å². The zero-order chi connectivity index (χ0) is 28.9. The van der Waals surface area contributed by atoms with Gasteiger partial charge in [0.1, 0.15) is 34.4 Å². The molecule has 0 radical (unpaired) electrons. The highest BCUT2D eigenvalue weighted by Crippen LogP contribution is 2.55. The van der Waals surface area contributed by atoms with E-state index < -0.39 is 29.0 Å². The molecule has 2 aliphatic heterocycles. The highest BCUT2D eigenvalue weighted by Gasteiger charge is 2.63. The Morgan fingerprint density at radius 3 is 2.49 bits per heavy atom. The lowest BCUT2D eigenvalue weighted by Gasteiger charge is -2.41. The van der Waals surface area contributed by atoms with Crippen molar-refractivity contribution in [2.45, 2.75) is 37.9 Å². The molecule has 1 unspecified atom stereocenters. The maximum absolute atomic E-state index is 14.6. The monoisotopic (exact) mass is 574 g/mol. The molecule has 3 atom stereocenters. The first kappa shape index (κ1) is 26.8. The fraction of sp³-hybridized carbons (Fsp3) is 0.290. The highest BCUT2D eigenvalue weighted by atomic mass is 35.5. The van der Waals surface area contributed by atoms with Crippen LogP contribution < -0.4 is 24.3 Å². The van der Waals surface area contributed by atoms with Crippen LogP contribution in [0, 0.1) is 5.92 Å². The number of fused-ring (bicyclic) bond motifs is 1. The van der Waals surface area contributed by atoms with E-state index >= 15 is 0 Å². The van der Waals surface area contributed by atoms with Crippen LogP contribution in [0.3, 0.4) is 0 Å². The van der Waals surface area contributed by atoms with Crippen LogP contribution in [0.25, 0.3) is 0 Å². The molecule has 3 heterocycles. The molecule has 1 N–H and O–H groups in total. The summed E-state index contributed by atoms with van der Waals surface area (Å²) in [5.41, 5.74) is 0.405. The molecule has 41 heavy (non-hydrogen) atoms. The first-order chi connectivity index (χ1) is 19.8. The van der Waals surface area contributed by atoms with E-state index in [0.717, 1.165) is 5.69 Å². The van der Waals surface area contributed by atoms with Gasteiger partial charge in [-0.1, -0.05) is 42.8 Å². The Morgan fingerprint density at radius 2 is 1.76 bits per heavy atom. The van der Waals surface area contributed by atoms with Gasteiger partial charge in [0.05, 0.1) is 19.9 Å². The number of nitrogens with zero attached hydrogens (tertiary/aromatic N) is 1. The number of aromatic nitrogens is 1. The van der Waals surface area contributed by atoms with Crippen molar-refractivity contribution in [3.8, 4) is 23.0 Å². The molecule has 3 aliphatic rings. The Balaban J connectivity index is 1.43. The van der Waals surface area contributed by atoms with E-state index in [4.69, 9.17) is 30.5 Å². The Kier molecular flexibility index (Phi) is 6.69. The van der Waals surface area contributed by atoms with Crippen LogP contribution in [0.15, 0.2) is 66.0 Å². The number of nitrogens with one attached hydrogen (secondary N) is 1. The summed E-state index contributed by atoms with van der Waals surface area (Å²) in [6, 6.07) is 14.3. The molecule has 1 aromatic heterocycles.